The van der Waals surface area contributed by atoms with Crippen molar-refractivity contribution in [2.45, 2.75) is 0 Å². The molecule has 0 radical (unpaired) electrons. The Labute approximate surface area is 41.5 Å². The van der Waals surface area contributed by atoms with Crippen molar-refractivity contribution in [3.05, 3.63) is 24.2 Å². The monoisotopic (exact) mass is 98.0 g/mol. The first-order valence-electron chi connectivity index (χ1n) is 1.73. The van der Waals surface area contributed by atoms with Gasteiger partial charge in [0.1, 0.15) is 0 Å². The third-order valence-electron chi connectivity index (χ3n) is 0.494. The van der Waals surface area contributed by atoms with Crippen LogP contribution in [0, 0.1) is 5.21 Å². The molecule has 0 spiro atoms. The first-order valence-corrected chi connectivity index (χ1v) is 1.73. The Bertz CT molecular complexity index is 144. The molecular weight excluding hydrogens is 94.1 g/mol. The zero-order valence-corrected chi connectivity index (χ0v) is 3.48. The first-order chi connectivity index (χ1) is 3.39. The lowest BCUT2D eigenvalue weighted by atomic mass is 11.1. The van der Waals surface area contributed by atoms with Gasteiger partial charge in [-0.3, -0.25) is 4.73 Å². The van der Waals surface area contributed by atoms with Crippen LogP contribution in [0.4, 0.5) is 0 Å². The van der Waals surface area contributed by atoms with Crippen LogP contribution >= 0.6 is 0 Å². The zero-order chi connectivity index (χ0) is 5.11. The first kappa shape index (κ1) is 3.98. The quantitative estimate of drug-likeness (QED) is 0.316. The van der Waals surface area contributed by atoms with E-state index in [9.17, 15) is 5.21 Å². The molecule has 0 saturated carbocycles. The molecule has 0 saturated heterocycles. The number of hydrogen-bond acceptors (Lipinski definition) is 3. The highest BCUT2D eigenvalue weighted by Crippen LogP contribution is 1.55. The Morgan fingerprint density at radius 3 is 2.29 bits per heavy atom. The molecule has 7 heavy (non-hydrogen) atoms. The fraction of sp³-hybridized carbons (Fsp3) is 0. The third-order valence-corrected chi connectivity index (χ3v) is 0.494. The summed E-state index contributed by atoms with van der Waals surface area (Å²) in [5.74, 6) is 0. The molecule has 0 unspecified atom stereocenters. The number of hydrogen-bond donors (Lipinski definition) is 0. The average Bonchev–Trinajstić information content (AvgIpc) is 1.69. The Hall–Kier alpha value is -1.19. The van der Waals surface area contributed by atoms with E-state index >= 15 is 0 Å². The summed E-state index contributed by atoms with van der Waals surface area (Å²) in [6.45, 7) is 0. The van der Waals surface area contributed by atoms with Gasteiger partial charge in [-0.15, -0.1) is 0 Å². The van der Waals surface area contributed by atoms with Gasteiger partial charge >= 0.3 is 1.43 Å². The molecule has 0 aliphatic carbocycles. The fourth-order valence-electron chi connectivity index (χ4n) is 0.259. The van der Waals surface area contributed by atoms with Crippen molar-refractivity contribution in [1.29, 1.82) is 0 Å². The summed E-state index contributed by atoms with van der Waals surface area (Å²) in [5.41, 5.74) is 0. The van der Waals surface area contributed by atoms with Crippen molar-refractivity contribution >= 4 is 0 Å². The van der Waals surface area contributed by atoms with Crippen LogP contribution in [0.1, 0.15) is 1.43 Å². The number of aromatic nitrogens is 3. The van der Waals surface area contributed by atoms with Crippen molar-refractivity contribution in [2.24, 2.45) is 0 Å². The standard InChI is InChI=1S/C3H3N3O/c7-6-2-4-1-5-3-6/h1-3H/p+1. The molecule has 4 nitrogen and oxygen atoms in total. The Morgan fingerprint density at radius 2 is 2.00 bits per heavy atom. The summed E-state index contributed by atoms with van der Waals surface area (Å²) in [4.78, 5) is 6.85. The van der Waals surface area contributed by atoms with Gasteiger partial charge in [-0.1, -0.05) is 9.97 Å². The lowest BCUT2D eigenvalue weighted by Gasteiger charge is -1.92. The van der Waals surface area contributed by atoms with Crippen molar-refractivity contribution in [3.8, 4) is 0 Å². The molecule has 0 atom stereocenters. The number of rotatable bonds is 0. The van der Waals surface area contributed by atoms with Crippen LogP contribution in [0.5, 0.6) is 0 Å². The van der Waals surface area contributed by atoms with Crippen LogP contribution < -0.4 is 4.73 Å². The SMILES string of the molecule is [H+].[O-][n+]1cncnc1. The van der Waals surface area contributed by atoms with Crippen molar-refractivity contribution < 1.29 is 6.16 Å². The molecule has 4 heteroatoms. The van der Waals surface area contributed by atoms with E-state index in [-0.39, 0.29) is 1.43 Å². The van der Waals surface area contributed by atoms with E-state index < -0.39 is 0 Å². The second-order valence-corrected chi connectivity index (χ2v) is 1.00. The van der Waals surface area contributed by atoms with Crippen molar-refractivity contribution in [1.82, 2.24) is 9.97 Å². The summed E-state index contributed by atoms with van der Waals surface area (Å²) >= 11 is 0. The predicted molar refractivity (Wildman–Crippen MR) is 22.1 cm³/mol. The van der Waals surface area contributed by atoms with Gasteiger partial charge in [0, 0.05) is 0 Å². The zero-order valence-electron chi connectivity index (χ0n) is 4.48. The van der Waals surface area contributed by atoms with Gasteiger partial charge in [-0.05, 0) is 0 Å². The maximum atomic E-state index is 10.1. The minimum absolute atomic E-state index is 0. The Morgan fingerprint density at radius 1 is 1.43 bits per heavy atom. The summed E-state index contributed by atoms with van der Waals surface area (Å²) in [7, 11) is 0. The molecule has 0 aromatic carbocycles. The van der Waals surface area contributed by atoms with Gasteiger partial charge in [0.05, 0.1) is 0 Å². The highest BCUT2D eigenvalue weighted by molar-refractivity contribution is 4.42. The van der Waals surface area contributed by atoms with Crippen LogP contribution in [0.2, 0.25) is 0 Å². The van der Waals surface area contributed by atoms with Gasteiger partial charge in [0.25, 0.3) is 6.33 Å². The Balaban J connectivity index is 0.000000490. The normalized spacial score (nSPS) is 8.57. The molecule has 1 rings (SSSR count). The Kier molecular flexibility index (Phi) is 0.856. The second kappa shape index (κ2) is 1.51. The van der Waals surface area contributed by atoms with Crippen LogP contribution in [0.25, 0.3) is 0 Å². The molecule has 1 aromatic rings. The van der Waals surface area contributed by atoms with E-state index in [0.717, 1.165) is 12.7 Å². The highest BCUT2D eigenvalue weighted by atomic mass is 16.5. The molecule has 0 aliphatic heterocycles. The fourth-order valence-corrected chi connectivity index (χ4v) is 0.259. The molecular formula is C3H4N3O+. The van der Waals surface area contributed by atoms with Crippen LogP contribution in [0.3, 0.4) is 0 Å². The van der Waals surface area contributed by atoms with Crippen LogP contribution in [-0.2, 0) is 0 Å². The predicted octanol–water partition coefficient (Wildman–Crippen LogP) is -0.778. The molecule has 0 aliphatic rings. The van der Waals surface area contributed by atoms with Gasteiger partial charge in [0.2, 0.25) is 12.7 Å². The molecule has 0 bridgehead atoms. The molecule has 0 N–H and O–H groups in total. The molecule has 0 amide bonds. The lowest BCUT2D eigenvalue weighted by molar-refractivity contribution is -0.612. The van der Waals surface area contributed by atoms with Crippen LogP contribution in [-0.4, -0.2) is 9.97 Å². The van der Waals surface area contributed by atoms with Gasteiger partial charge in [0.15, 0.2) is 0 Å². The summed E-state index contributed by atoms with van der Waals surface area (Å²) in [5, 5.41) is 10.1. The highest BCUT2D eigenvalue weighted by Gasteiger charge is 1.76. The van der Waals surface area contributed by atoms with Crippen molar-refractivity contribution in [3.63, 3.8) is 0 Å². The summed E-state index contributed by atoms with van der Waals surface area (Å²) in [6, 6.07) is 0. The van der Waals surface area contributed by atoms with Gasteiger partial charge in [-0.25, -0.2) is 0 Å². The minimum Gasteiger partial charge on any atom is -0.741 e. The molecule has 36 valence electrons. The van der Waals surface area contributed by atoms with E-state index in [1.54, 1.807) is 0 Å². The van der Waals surface area contributed by atoms with E-state index in [2.05, 4.69) is 9.97 Å². The summed E-state index contributed by atoms with van der Waals surface area (Å²) < 4.78 is 0.528. The lowest BCUT2D eigenvalue weighted by Crippen LogP contribution is -2.25. The van der Waals surface area contributed by atoms with E-state index in [1.165, 1.54) is 6.33 Å². The van der Waals surface area contributed by atoms with Gasteiger partial charge in [-0.2, -0.15) is 0 Å². The molecule has 1 heterocycles. The van der Waals surface area contributed by atoms with E-state index in [0.29, 0.717) is 4.73 Å². The largest absolute Gasteiger partial charge is 1.00 e. The second-order valence-electron chi connectivity index (χ2n) is 1.00. The topological polar surface area (TPSA) is 52.7 Å². The smallest absolute Gasteiger partial charge is 0.741 e. The minimum atomic E-state index is 0. The number of nitrogens with zero attached hydrogens (tertiary/aromatic N) is 3. The van der Waals surface area contributed by atoms with Gasteiger partial charge < -0.3 is 5.21 Å². The average molecular weight is 98.1 g/mol. The van der Waals surface area contributed by atoms with E-state index in [1.807, 2.05) is 0 Å². The third kappa shape index (κ3) is 0.819. The maximum absolute atomic E-state index is 10.1. The molecule has 0 fully saturated rings. The maximum Gasteiger partial charge on any atom is 1.00 e. The summed E-state index contributed by atoms with van der Waals surface area (Å²) in [6.07, 6.45) is 3.56. The van der Waals surface area contributed by atoms with E-state index in [4.69, 9.17) is 0 Å². The van der Waals surface area contributed by atoms with Crippen molar-refractivity contribution in [2.75, 3.05) is 0 Å². The van der Waals surface area contributed by atoms with Crippen LogP contribution in [0.15, 0.2) is 19.0 Å². The molecule has 1 aromatic heterocycles.